The van der Waals surface area contributed by atoms with Crippen molar-refractivity contribution < 1.29 is 8.78 Å². The molecule has 0 aromatic carbocycles. The van der Waals surface area contributed by atoms with Gasteiger partial charge in [-0.05, 0) is 24.3 Å². The molecule has 2 heterocycles. The third kappa shape index (κ3) is 2.40. The third-order valence-corrected chi connectivity index (χ3v) is 4.29. The second kappa shape index (κ2) is 4.64. The van der Waals surface area contributed by atoms with Gasteiger partial charge in [0.1, 0.15) is 10.7 Å². The van der Waals surface area contributed by atoms with Gasteiger partial charge in [0, 0.05) is 18.8 Å². The van der Waals surface area contributed by atoms with E-state index in [9.17, 15) is 8.78 Å². The topological polar surface area (TPSA) is 63.8 Å². The molecule has 1 aliphatic carbocycles. The Morgan fingerprint density at radius 2 is 2.26 bits per heavy atom. The summed E-state index contributed by atoms with van der Waals surface area (Å²) < 4.78 is 27.0. The molecule has 1 fully saturated rings. The summed E-state index contributed by atoms with van der Waals surface area (Å²) in [6.07, 6.45) is 1.01. The fourth-order valence-corrected chi connectivity index (χ4v) is 3.33. The molecule has 0 amide bonds. The Labute approximate surface area is 113 Å². The van der Waals surface area contributed by atoms with E-state index in [2.05, 4.69) is 15.4 Å². The molecule has 0 radical (unpaired) electrons. The van der Waals surface area contributed by atoms with Gasteiger partial charge in [0.2, 0.25) is 5.92 Å². The third-order valence-electron chi connectivity index (χ3n) is 3.48. The fraction of sp³-hybridized carbons (Fsp3) is 0.500. The van der Waals surface area contributed by atoms with Crippen LogP contribution in [0.15, 0.2) is 11.4 Å². The molecule has 1 atom stereocenters. The molecule has 1 saturated carbocycles. The van der Waals surface area contributed by atoms with Gasteiger partial charge in [-0.1, -0.05) is 0 Å². The highest BCUT2D eigenvalue weighted by Gasteiger charge is 2.38. The van der Waals surface area contributed by atoms with Crippen LogP contribution in [0.3, 0.4) is 0 Å². The lowest BCUT2D eigenvalue weighted by Crippen LogP contribution is -2.26. The summed E-state index contributed by atoms with van der Waals surface area (Å²) in [7, 11) is 0. The molecule has 7 heteroatoms. The number of anilines is 1. The number of rotatable bonds is 2. The molecule has 0 saturated heterocycles. The van der Waals surface area contributed by atoms with Crippen LogP contribution < -0.4 is 11.3 Å². The van der Waals surface area contributed by atoms with Crippen LogP contribution in [0.4, 0.5) is 14.6 Å². The molecule has 0 aliphatic heterocycles. The van der Waals surface area contributed by atoms with E-state index in [0.717, 1.165) is 10.2 Å². The number of hydrogen-bond acceptors (Lipinski definition) is 5. The zero-order valence-electron chi connectivity index (χ0n) is 10.2. The molecule has 3 N–H and O–H groups in total. The lowest BCUT2D eigenvalue weighted by molar-refractivity contribution is -0.0416. The van der Waals surface area contributed by atoms with Crippen LogP contribution in [0.2, 0.25) is 0 Å². The quantitative estimate of drug-likeness (QED) is 0.656. The number of nitrogens with one attached hydrogen (secondary N) is 1. The number of halogens is 2. The van der Waals surface area contributed by atoms with E-state index in [1.807, 2.05) is 11.4 Å². The minimum absolute atomic E-state index is 0.0350. The summed E-state index contributed by atoms with van der Waals surface area (Å²) in [5, 5.41) is 2.72. The Morgan fingerprint density at radius 3 is 3.00 bits per heavy atom. The SMILES string of the molecule is NNc1nc(C2CCCC(F)(F)C2)nc2sccc12. The largest absolute Gasteiger partial charge is 0.308 e. The molecule has 4 nitrogen and oxygen atoms in total. The van der Waals surface area contributed by atoms with Crippen LogP contribution in [0.25, 0.3) is 10.2 Å². The van der Waals surface area contributed by atoms with Crippen LogP contribution in [-0.2, 0) is 0 Å². The molecular weight excluding hydrogens is 270 g/mol. The number of hydrogen-bond donors (Lipinski definition) is 2. The van der Waals surface area contributed by atoms with Crippen molar-refractivity contribution in [2.75, 3.05) is 5.43 Å². The van der Waals surface area contributed by atoms with E-state index < -0.39 is 5.92 Å². The zero-order valence-corrected chi connectivity index (χ0v) is 11.0. The highest BCUT2D eigenvalue weighted by atomic mass is 32.1. The number of nitrogen functional groups attached to an aromatic ring is 1. The molecule has 2 aromatic heterocycles. The summed E-state index contributed by atoms with van der Waals surface area (Å²) in [4.78, 5) is 9.50. The Kier molecular flexibility index (Phi) is 3.10. The second-order valence-corrected chi connectivity index (χ2v) is 5.76. The van der Waals surface area contributed by atoms with Crippen molar-refractivity contribution in [1.29, 1.82) is 0 Å². The van der Waals surface area contributed by atoms with Crippen molar-refractivity contribution in [3.05, 3.63) is 17.3 Å². The van der Waals surface area contributed by atoms with E-state index in [-0.39, 0.29) is 18.8 Å². The van der Waals surface area contributed by atoms with Gasteiger partial charge in [0.15, 0.2) is 5.82 Å². The smallest absolute Gasteiger partial charge is 0.248 e. The molecule has 2 aromatic rings. The first-order chi connectivity index (χ1) is 9.09. The monoisotopic (exact) mass is 284 g/mol. The molecule has 102 valence electrons. The van der Waals surface area contributed by atoms with Crippen molar-refractivity contribution in [2.24, 2.45) is 5.84 Å². The van der Waals surface area contributed by atoms with E-state index in [1.54, 1.807) is 0 Å². The number of nitrogens with zero attached hydrogens (tertiary/aromatic N) is 2. The van der Waals surface area contributed by atoms with E-state index in [0.29, 0.717) is 24.5 Å². The molecule has 0 spiro atoms. The van der Waals surface area contributed by atoms with Crippen molar-refractivity contribution in [3.63, 3.8) is 0 Å². The van der Waals surface area contributed by atoms with Crippen LogP contribution in [0.1, 0.15) is 37.4 Å². The lowest BCUT2D eigenvalue weighted by Gasteiger charge is -2.28. The summed E-state index contributed by atoms with van der Waals surface area (Å²) in [5.41, 5.74) is 2.52. The van der Waals surface area contributed by atoms with Gasteiger partial charge in [-0.3, -0.25) is 0 Å². The molecular formula is C12H14F2N4S. The number of thiophene rings is 1. The maximum absolute atomic E-state index is 13.5. The highest BCUT2D eigenvalue weighted by molar-refractivity contribution is 7.16. The first kappa shape index (κ1) is 12.7. The first-order valence-electron chi connectivity index (χ1n) is 6.19. The molecule has 19 heavy (non-hydrogen) atoms. The van der Waals surface area contributed by atoms with E-state index >= 15 is 0 Å². The van der Waals surface area contributed by atoms with Gasteiger partial charge in [0.25, 0.3) is 0 Å². The number of hydrazine groups is 1. The molecule has 1 unspecified atom stereocenters. The van der Waals surface area contributed by atoms with Gasteiger partial charge in [-0.15, -0.1) is 11.3 Å². The fourth-order valence-electron chi connectivity index (χ4n) is 2.56. The van der Waals surface area contributed by atoms with Crippen molar-refractivity contribution in [2.45, 2.75) is 37.5 Å². The predicted molar refractivity (Wildman–Crippen MR) is 71.4 cm³/mol. The van der Waals surface area contributed by atoms with Crippen molar-refractivity contribution in [3.8, 4) is 0 Å². The Hall–Kier alpha value is -1.34. The van der Waals surface area contributed by atoms with Crippen LogP contribution in [-0.4, -0.2) is 15.9 Å². The normalized spacial score (nSPS) is 22.6. The summed E-state index contributed by atoms with van der Waals surface area (Å²) in [5.74, 6) is 3.53. The standard InChI is InChI=1S/C12H14F2N4S/c13-12(14)4-1-2-7(6-12)9-16-10(18-15)8-3-5-19-11(8)17-9/h3,5,7H,1-2,4,6,15H2,(H,16,17,18). The minimum atomic E-state index is -2.60. The zero-order chi connectivity index (χ0) is 13.5. The number of fused-ring (bicyclic) bond motifs is 1. The predicted octanol–water partition coefficient (Wildman–Crippen LogP) is 3.27. The van der Waals surface area contributed by atoms with Crippen molar-refractivity contribution >= 4 is 27.4 Å². The Morgan fingerprint density at radius 1 is 1.42 bits per heavy atom. The molecule has 3 rings (SSSR count). The second-order valence-electron chi connectivity index (χ2n) is 4.86. The minimum Gasteiger partial charge on any atom is -0.308 e. The highest BCUT2D eigenvalue weighted by Crippen LogP contribution is 2.41. The van der Waals surface area contributed by atoms with Crippen LogP contribution in [0.5, 0.6) is 0 Å². The maximum atomic E-state index is 13.5. The summed E-state index contributed by atoms with van der Waals surface area (Å²) >= 11 is 1.46. The molecule has 1 aliphatic rings. The van der Waals surface area contributed by atoms with Crippen LogP contribution >= 0.6 is 11.3 Å². The van der Waals surface area contributed by atoms with Gasteiger partial charge in [-0.2, -0.15) is 0 Å². The lowest BCUT2D eigenvalue weighted by atomic mass is 9.86. The van der Waals surface area contributed by atoms with E-state index in [4.69, 9.17) is 5.84 Å². The van der Waals surface area contributed by atoms with Crippen molar-refractivity contribution in [1.82, 2.24) is 9.97 Å². The van der Waals surface area contributed by atoms with E-state index in [1.165, 1.54) is 11.3 Å². The summed E-state index contributed by atoms with van der Waals surface area (Å²) in [6, 6.07) is 1.87. The Balaban J connectivity index is 2.00. The average molecular weight is 284 g/mol. The maximum Gasteiger partial charge on any atom is 0.248 e. The Bertz CT molecular complexity index is 598. The van der Waals surface area contributed by atoms with Gasteiger partial charge in [0.05, 0.1) is 5.39 Å². The molecule has 0 bridgehead atoms. The summed E-state index contributed by atoms with van der Waals surface area (Å²) in [6.45, 7) is 0. The number of alkyl halides is 2. The number of nitrogens with two attached hydrogens (primary N) is 1. The first-order valence-corrected chi connectivity index (χ1v) is 7.06. The van der Waals surface area contributed by atoms with Gasteiger partial charge in [-0.25, -0.2) is 24.6 Å². The number of aromatic nitrogens is 2. The van der Waals surface area contributed by atoms with Crippen LogP contribution in [0, 0.1) is 0 Å². The van der Waals surface area contributed by atoms with Gasteiger partial charge < -0.3 is 5.43 Å². The van der Waals surface area contributed by atoms with Gasteiger partial charge >= 0.3 is 0 Å². The average Bonchev–Trinajstić information content (AvgIpc) is 2.84.